The fourth-order valence-corrected chi connectivity index (χ4v) is 3.23. The van der Waals surface area contributed by atoms with Crippen molar-refractivity contribution in [2.45, 2.75) is 24.9 Å². The highest BCUT2D eigenvalue weighted by atomic mass is 32.2. The van der Waals surface area contributed by atoms with Crippen LogP contribution in [0, 0.1) is 6.92 Å². The van der Waals surface area contributed by atoms with Crippen LogP contribution in [-0.2, 0) is 13.1 Å². The van der Waals surface area contributed by atoms with Crippen LogP contribution in [0.5, 0.6) is 0 Å². The van der Waals surface area contributed by atoms with E-state index in [1.54, 1.807) is 22.2 Å². The molecule has 0 unspecified atom stereocenters. The summed E-state index contributed by atoms with van der Waals surface area (Å²) in [5, 5.41) is 0. The third kappa shape index (κ3) is 3.68. The molecule has 5 heteroatoms. The summed E-state index contributed by atoms with van der Waals surface area (Å²) < 4.78 is 1.64. The molecule has 2 heterocycles. The van der Waals surface area contributed by atoms with E-state index in [-0.39, 0.29) is 5.56 Å². The molecule has 2 aromatic heterocycles. The molecule has 0 aliphatic carbocycles. The lowest BCUT2D eigenvalue weighted by atomic mass is 10.2. The monoisotopic (exact) mass is 339 g/mol. The maximum atomic E-state index is 12.3. The normalized spacial score (nSPS) is 11.3. The van der Waals surface area contributed by atoms with E-state index in [9.17, 15) is 4.79 Å². The van der Waals surface area contributed by atoms with Crippen molar-refractivity contribution in [1.82, 2.24) is 14.3 Å². The van der Waals surface area contributed by atoms with Crippen LogP contribution in [0.4, 0.5) is 0 Å². The molecule has 24 heavy (non-hydrogen) atoms. The number of hydrogen-bond donors (Lipinski definition) is 0. The highest BCUT2D eigenvalue weighted by Crippen LogP contribution is 2.16. The third-order valence-electron chi connectivity index (χ3n) is 3.98. The number of pyridine rings is 1. The first-order valence-corrected chi connectivity index (χ1v) is 9.09. The third-order valence-corrected chi connectivity index (χ3v) is 4.72. The van der Waals surface area contributed by atoms with Gasteiger partial charge in [-0.1, -0.05) is 18.2 Å². The van der Waals surface area contributed by atoms with E-state index in [1.165, 1.54) is 10.5 Å². The summed E-state index contributed by atoms with van der Waals surface area (Å²) in [5.41, 5.74) is 3.64. The lowest BCUT2D eigenvalue weighted by Crippen LogP contribution is -2.22. The number of fused-ring (bicyclic) bond motifs is 1. The van der Waals surface area contributed by atoms with E-state index in [4.69, 9.17) is 0 Å². The van der Waals surface area contributed by atoms with Gasteiger partial charge in [0, 0.05) is 29.7 Å². The topological polar surface area (TPSA) is 37.6 Å². The van der Waals surface area contributed by atoms with Gasteiger partial charge in [-0.25, -0.2) is 4.98 Å². The summed E-state index contributed by atoms with van der Waals surface area (Å²) in [4.78, 5) is 20.4. The highest BCUT2D eigenvalue weighted by Gasteiger charge is 2.07. The second kappa shape index (κ2) is 7.20. The molecule has 3 aromatic rings. The van der Waals surface area contributed by atoms with Gasteiger partial charge in [0.25, 0.3) is 5.56 Å². The molecule has 4 nitrogen and oxygen atoms in total. The van der Waals surface area contributed by atoms with Gasteiger partial charge in [0.15, 0.2) is 0 Å². The Balaban J connectivity index is 1.77. The van der Waals surface area contributed by atoms with Crippen molar-refractivity contribution in [1.29, 1.82) is 0 Å². The van der Waals surface area contributed by atoms with E-state index in [2.05, 4.69) is 40.4 Å². The summed E-state index contributed by atoms with van der Waals surface area (Å²) >= 11 is 1.74. The quantitative estimate of drug-likeness (QED) is 0.668. The van der Waals surface area contributed by atoms with Crippen LogP contribution in [0.25, 0.3) is 5.65 Å². The van der Waals surface area contributed by atoms with E-state index < -0.39 is 0 Å². The van der Waals surface area contributed by atoms with Gasteiger partial charge in [-0.3, -0.25) is 14.1 Å². The number of benzene rings is 1. The Hall–Kier alpha value is -2.11. The molecular weight excluding hydrogens is 318 g/mol. The first-order chi connectivity index (χ1) is 11.6. The molecule has 0 fully saturated rings. The Kier molecular flexibility index (Phi) is 5.02. The number of aromatic nitrogens is 2. The standard InChI is InChI=1S/C19H21N3OS/c1-14-5-4-6-18-20-16(11-19(23)22(14)18)13-21(2)12-15-7-9-17(24-3)10-8-15/h4-11H,12-13H2,1-3H3. The molecule has 0 aliphatic heterocycles. The zero-order chi connectivity index (χ0) is 17.1. The average Bonchev–Trinajstić information content (AvgIpc) is 2.55. The van der Waals surface area contributed by atoms with E-state index >= 15 is 0 Å². The van der Waals surface area contributed by atoms with Gasteiger partial charge in [-0.05, 0) is 50.1 Å². The van der Waals surface area contributed by atoms with Gasteiger partial charge in [0.2, 0.25) is 0 Å². The smallest absolute Gasteiger partial charge is 0.258 e. The van der Waals surface area contributed by atoms with E-state index in [0.29, 0.717) is 12.2 Å². The largest absolute Gasteiger partial charge is 0.296 e. The Morgan fingerprint density at radius 2 is 1.88 bits per heavy atom. The van der Waals surface area contributed by atoms with Crippen molar-refractivity contribution in [3.63, 3.8) is 0 Å². The van der Waals surface area contributed by atoms with Crippen LogP contribution in [0.3, 0.4) is 0 Å². The van der Waals surface area contributed by atoms with Crippen LogP contribution < -0.4 is 5.56 Å². The minimum atomic E-state index is -0.0224. The summed E-state index contributed by atoms with van der Waals surface area (Å²) in [7, 11) is 2.04. The molecule has 0 aliphatic rings. The second-order valence-electron chi connectivity index (χ2n) is 5.97. The highest BCUT2D eigenvalue weighted by molar-refractivity contribution is 7.98. The summed E-state index contributed by atoms with van der Waals surface area (Å²) in [6.07, 6.45) is 2.08. The van der Waals surface area contributed by atoms with Crippen molar-refractivity contribution < 1.29 is 0 Å². The van der Waals surface area contributed by atoms with Crippen LogP contribution in [-0.4, -0.2) is 27.6 Å². The van der Waals surface area contributed by atoms with Crippen LogP contribution in [0.1, 0.15) is 17.0 Å². The van der Waals surface area contributed by atoms with Crippen LogP contribution in [0.15, 0.2) is 58.2 Å². The second-order valence-corrected chi connectivity index (χ2v) is 6.85. The molecule has 0 N–H and O–H groups in total. The Bertz CT molecular complexity index is 903. The first kappa shape index (κ1) is 16.7. The predicted octanol–water partition coefficient (Wildman–Crippen LogP) is 3.36. The fourth-order valence-electron chi connectivity index (χ4n) is 2.82. The Labute approximate surface area is 146 Å². The van der Waals surface area contributed by atoms with Crippen molar-refractivity contribution in [2.24, 2.45) is 0 Å². The molecule has 0 spiro atoms. The number of aryl methyl sites for hydroxylation is 1. The van der Waals surface area contributed by atoms with Gasteiger partial charge in [-0.15, -0.1) is 11.8 Å². The molecule has 3 rings (SSSR count). The molecule has 0 amide bonds. The molecule has 124 valence electrons. The zero-order valence-corrected chi connectivity index (χ0v) is 15.0. The Morgan fingerprint density at radius 1 is 1.12 bits per heavy atom. The molecular formula is C19H21N3OS. The van der Waals surface area contributed by atoms with Crippen molar-refractivity contribution in [2.75, 3.05) is 13.3 Å². The van der Waals surface area contributed by atoms with Gasteiger partial charge < -0.3 is 0 Å². The van der Waals surface area contributed by atoms with Crippen LogP contribution >= 0.6 is 11.8 Å². The zero-order valence-electron chi connectivity index (χ0n) is 14.2. The Morgan fingerprint density at radius 3 is 2.58 bits per heavy atom. The minimum Gasteiger partial charge on any atom is -0.296 e. The SMILES string of the molecule is CSc1ccc(CN(C)Cc2cc(=O)n3c(C)cccc3n2)cc1. The minimum absolute atomic E-state index is 0.0224. The number of nitrogens with zero attached hydrogens (tertiary/aromatic N) is 3. The van der Waals surface area contributed by atoms with E-state index in [0.717, 1.165) is 17.9 Å². The molecule has 0 bridgehead atoms. The van der Waals surface area contributed by atoms with Crippen molar-refractivity contribution in [3.05, 3.63) is 75.8 Å². The molecule has 0 saturated carbocycles. The van der Waals surface area contributed by atoms with Gasteiger partial charge in [0.05, 0.1) is 5.69 Å². The summed E-state index contributed by atoms with van der Waals surface area (Å²) in [5.74, 6) is 0. The summed E-state index contributed by atoms with van der Waals surface area (Å²) in [6.45, 7) is 3.38. The lowest BCUT2D eigenvalue weighted by Gasteiger charge is -2.17. The fraction of sp³-hybridized carbons (Fsp3) is 0.263. The molecule has 0 radical (unpaired) electrons. The van der Waals surface area contributed by atoms with E-state index in [1.807, 2.05) is 32.2 Å². The molecule has 1 aromatic carbocycles. The number of rotatable bonds is 5. The average molecular weight is 339 g/mol. The summed E-state index contributed by atoms with van der Waals surface area (Å²) in [6, 6.07) is 15.9. The van der Waals surface area contributed by atoms with Gasteiger partial charge >= 0.3 is 0 Å². The molecule has 0 atom stereocenters. The van der Waals surface area contributed by atoms with Gasteiger partial charge in [-0.2, -0.15) is 0 Å². The van der Waals surface area contributed by atoms with Crippen LogP contribution in [0.2, 0.25) is 0 Å². The maximum absolute atomic E-state index is 12.3. The first-order valence-electron chi connectivity index (χ1n) is 7.86. The number of hydrogen-bond acceptors (Lipinski definition) is 4. The lowest BCUT2D eigenvalue weighted by molar-refractivity contribution is 0.315. The van der Waals surface area contributed by atoms with Crippen molar-refractivity contribution in [3.8, 4) is 0 Å². The number of thioether (sulfide) groups is 1. The predicted molar refractivity (Wildman–Crippen MR) is 99.6 cm³/mol. The van der Waals surface area contributed by atoms with Crippen molar-refractivity contribution >= 4 is 17.4 Å². The molecule has 0 saturated heterocycles. The maximum Gasteiger partial charge on any atom is 0.258 e. The van der Waals surface area contributed by atoms with Gasteiger partial charge in [0.1, 0.15) is 5.65 Å².